The highest BCUT2D eigenvalue weighted by Crippen LogP contribution is 2.21. The van der Waals surface area contributed by atoms with Crippen LogP contribution in [0.3, 0.4) is 0 Å². The van der Waals surface area contributed by atoms with Gasteiger partial charge in [-0.3, -0.25) is 0 Å². The quantitative estimate of drug-likeness (QED) is 0.333. The first-order chi connectivity index (χ1) is 11.6. The van der Waals surface area contributed by atoms with E-state index < -0.39 is 82.1 Å². The Labute approximate surface area is 134 Å². The van der Waals surface area contributed by atoms with Gasteiger partial charge >= 0.3 is 0 Å². The fraction of sp³-hybridized carbons (Fsp3) is 0.143. The van der Waals surface area contributed by atoms with Crippen molar-refractivity contribution in [2.45, 2.75) is 13.2 Å². The Hall–Kier alpha value is -2.20. The lowest BCUT2D eigenvalue weighted by atomic mass is 9.38. The molecule has 134 valence electrons. The van der Waals surface area contributed by atoms with Crippen LogP contribution in [-0.2, 0) is 0 Å². The molecular formula is C14H5BF10. The van der Waals surface area contributed by atoms with Gasteiger partial charge in [0.2, 0.25) is 6.71 Å². The number of benzene rings is 2. The molecule has 0 bridgehead atoms. The average molecular weight is 374 g/mol. The molecule has 0 aliphatic carbocycles. The summed E-state index contributed by atoms with van der Waals surface area (Å²) in [6.07, 6.45) is -0.725. The largest absolute Gasteiger partial charge is 0.225 e. The van der Waals surface area contributed by atoms with Crippen LogP contribution in [0, 0.1) is 58.2 Å². The van der Waals surface area contributed by atoms with Crippen LogP contribution in [0.5, 0.6) is 0 Å². The molecule has 0 amide bonds. The lowest BCUT2D eigenvalue weighted by Gasteiger charge is -2.18. The number of rotatable bonds is 3. The maximum absolute atomic E-state index is 13.8. The van der Waals surface area contributed by atoms with Crippen molar-refractivity contribution in [3.8, 4) is 0 Å². The summed E-state index contributed by atoms with van der Waals surface area (Å²) in [6, 6.07) is 0. The Kier molecular flexibility index (Phi) is 5.05. The van der Waals surface area contributed by atoms with Gasteiger partial charge in [0.25, 0.3) is 0 Å². The van der Waals surface area contributed by atoms with Crippen LogP contribution in [0.15, 0.2) is 0 Å². The van der Waals surface area contributed by atoms with Crippen molar-refractivity contribution < 1.29 is 43.9 Å². The van der Waals surface area contributed by atoms with Crippen molar-refractivity contribution in [2.24, 2.45) is 0 Å². The average Bonchev–Trinajstić information content (AvgIpc) is 2.60. The van der Waals surface area contributed by atoms with Gasteiger partial charge in [0.05, 0.1) is 0 Å². The number of hydrogen-bond acceptors (Lipinski definition) is 0. The fourth-order valence-electron chi connectivity index (χ4n) is 2.41. The Balaban J connectivity index is 2.90. The number of hydrogen-bond donors (Lipinski definition) is 0. The smallest absolute Gasteiger partial charge is 0.204 e. The van der Waals surface area contributed by atoms with Gasteiger partial charge in [-0.25, -0.2) is 43.9 Å². The van der Waals surface area contributed by atoms with Crippen molar-refractivity contribution in [1.29, 1.82) is 0 Å². The molecule has 2 rings (SSSR count). The SMILES string of the molecule is CCB(c1c(F)c(F)c(F)c(F)c1F)c1c(F)c(F)c(F)c(F)c1F. The van der Waals surface area contributed by atoms with Crippen molar-refractivity contribution in [3.63, 3.8) is 0 Å². The van der Waals surface area contributed by atoms with Crippen LogP contribution in [0.25, 0.3) is 0 Å². The predicted octanol–water partition coefficient (Wildman–Crippen LogP) is 3.71. The summed E-state index contributed by atoms with van der Waals surface area (Å²) >= 11 is 0. The van der Waals surface area contributed by atoms with Gasteiger partial charge in [0.15, 0.2) is 58.2 Å². The molecule has 0 aliphatic rings. The molecule has 0 atom stereocenters. The highest BCUT2D eigenvalue weighted by molar-refractivity contribution is 6.85. The molecular weight excluding hydrogens is 369 g/mol. The minimum Gasteiger partial charge on any atom is -0.204 e. The van der Waals surface area contributed by atoms with Crippen molar-refractivity contribution >= 4 is 17.6 Å². The van der Waals surface area contributed by atoms with E-state index in [4.69, 9.17) is 0 Å². The Morgan fingerprint density at radius 2 is 0.640 bits per heavy atom. The Morgan fingerprint density at radius 1 is 0.440 bits per heavy atom. The van der Waals surface area contributed by atoms with Crippen LogP contribution in [0.1, 0.15) is 6.92 Å². The minimum atomic E-state index is -2.52. The summed E-state index contributed by atoms with van der Waals surface area (Å²) < 4.78 is 135. The van der Waals surface area contributed by atoms with E-state index in [-0.39, 0.29) is 0 Å². The molecule has 0 spiro atoms. The van der Waals surface area contributed by atoms with Gasteiger partial charge in [-0.2, -0.15) is 0 Å². The Morgan fingerprint density at radius 3 is 0.840 bits per heavy atom. The zero-order chi connectivity index (χ0) is 19.2. The molecule has 0 saturated heterocycles. The summed E-state index contributed by atoms with van der Waals surface area (Å²) in [5.41, 5.74) is -3.38. The summed E-state index contributed by atoms with van der Waals surface area (Å²) in [7, 11) is 0. The third-order valence-electron chi connectivity index (χ3n) is 3.59. The number of halogens is 10. The molecule has 0 aromatic heterocycles. The second-order valence-electron chi connectivity index (χ2n) is 4.93. The zero-order valence-corrected chi connectivity index (χ0v) is 12.1. The lowest BCUT2D eigenvalue weighted by molar-refractivity contribution is 0.382. The predicted molar refractivity (Wildman–Crippen MR) is 68.0 cm³/mol. The van der Waals surface area contributed by atoms with E-state index in [0.717, 1.165) is 6.92 Å². The van der Waals surface area contributed by atoms with Crippen LogP contribution < -0.4 is 10.9 Å². The molecule has 0 saturated carbocycles. The maximum Gasteiger partial charge on any atom is 0.225 e. The van der Waals surface area contributed by atoms with E-state index in [2.05, 4.69) is 0 Å². The summed E-state index contributed by atoms with van der Waals surface area (Å²) in [5, 5.41) is 0. The van der Waals surface area contributed by atoms with Gasteiger partial charge in [-0.1, -0.05) is 13.2 Å². The van der Waals surface area contributed by atoms with Crippen LogP contribution in [0.2, 0.25) is 6.32 Å². The standard InChI is InChI=1S/C14H5BF10/c1-2-15(3-5(16)9(20)13(24)10(21)6(3)17)4-7(18)11(22)14(25)12(23)8(4)19/h2H2,1H3. The topological polar surface area (TPSA) is 0 Å². The van der Waals surface area contributed by atoms with E-state index in [1.165, 1.54) is 0 Å². The first-order valence-corrected chi connectivity index (χ1v) is 6.58. The van der Waals surface area contributed by atoms with E-state index in [1.54, 1.807) is 0 Å². The van der Waals surface area contributed by atoms with Gasteiger partial charge in [0, 0.05) is 10.9 Å². The minimum absolute atomic E-state index is 0.725. The molecule has 0 N–H and O–H groups in total. The lowest BCUT2D eigenvalue weighted by Crippen LogP contribution is -2.50. The van der Waals surface area contributed by atoms with Crippen molar-refractivity contribution in [2.75, 3.05) is 0 Å². The molecule has 0 radical (unpaired) electrons. The molecule has 0 fully saturated rings. The van der Waals surface area contributed by atoms with E-state index >= 15 is 0 Å². The third kappa shape index (κ3) is 2.75. The maximum atomic E-state index is 13.8. The van der Waals surface area contributed by atoms with Crippen LogP contribution in [0.4, 0.5) is 43.9 Å². The normalized spacial score (nSPS) is 11.2. The van der Waals surface area contributed by atoms with Crippen LogP contribution in [-0.4, -0.2) is 6.71 Å². The van der Waals surface area contributed by atoms with Gasteiger partial charge < -0.3 is 0 Å². The van der Waals surface area contributed by atoms with E-state index in [9.17, 15) is 43.9 Å². The van der Waals surface area contributed by atoms with E-state index in [1.807, 2.05) is 0 Å². The fourth-order valence-corrected chi connectivity index (χ4v) is 2.41. The molecule has 0 aliphatic heterocycles. The van der Waals surface area contributed by atoms with Gasteiger partial charge in [-0.05, 0) is 0 Å². The van der Waals surface area contributed by atoms with Crippen molar-refractivity contribution in [1.82, 2.24) is 0 Å². The molecule has 25 heavy (non-hydrogen) atoms. The zero-order valence-electron chi connectivity index (χ0n) is 12.1. The molecule has 11 heteroatoms. The highest BCUT2D eigenvalue weighted by atomic mass is 19.2. The molecule has 2 aromatic carbocycles. The first kappa shape index (κ1) is 19.1. The highest BCUT2D eigenvalue weighted by Gasteiger charge is 2.38. The van der Waals surface area contributed by atoms with Crippen LogP contribution >= 0.6 is 0 Å². The molecule has 0 heterocycles. The van der Waals surface area contributed by atoms with Gasteiger partial charge in [0.1, 0.15) is 0 Å². The Bertz CT molecular complexity index is 736. The monoisotopic (exact) mass is 374 g/mol. The molecule has 0 unspecified atom stereocenters. The second-order valence-corrected chi connectivity index (χ2v) is 4.93. The summed E-state index contributed by atoms with van der Waals surface area (Å²) in [4.78, 5) is 0. The van der Waals surface area contributed by atoms with E-state index in [0.29, 0.717) is 0 Å². The molecule has 2 aromatic rings. The van der Waals surface area contributed by atoms with Gasteiger partial charge in [-0.15, -0.1) is 0 Å². The third-order valence-corrected chi connectivity index (χ3v) is 3.59. The summed E-state index contributed by atoms with van der Waals surface area (Å²) in [6.45, 7) is -1.31. The first-order valence-electron chi connectivity index (χ1n) is 6.58. The van der Waals surface area contributed by atoms with Crippen molar-refractivity contribution in [3.05, 3.63) is 58.2 Å². The summed E-state index contributed by atoms with van der Waals surface area (Å²) in [5.74, 6) is -24.4. The second kappa shape index (κ2) is 6.60. The molecule has 0 nitrogen and oxygen atoms in total.